The predicted octanol–water partition coefficient (Wildman–Crippen LogP) is 3.28. The van der Waals surface area contributed by atoms with Gasteiger partial charge >= 0.3 is 12.1 Å². The highest BCUT2D eigenvalue weighted by molar-refractivity contribution is 5.95. The van der Waals surface area contributed by atoms with Crippen LogP contribution in [0.5, 0.6) is 0 Å². The number of aryl methyl sites for hydroxylation is 2. The molecule has 0 aromatic heterocycles. The maximum atomic E-state index is 12.0. The summed E-state index contributed by atoms with van der Waals surface area (Å²) in [7, 11) is 0. The summed E-state index contributed by atoms with van der Waals surface area (Å²) in [5.41, 5.74) is 1.32. The normalized spacial score (nSPS) is 11.2. The third-order valence-electron chi connectivity index (χ3n) is 2.71. The molecule has 0 aliphatic rings. The first-order chi connectivity index (χ1) is 9.10. The van der Waals surface area contributed by atoms with Crippen molar-refractivity contribution in [2.45, 2.75) is 32.9 Å². The van der Waals surface area contributed by atoms with Crippen LogP contribution < -0.4 is 5.32 Å². The smallest absolute Gasteiger partial charge is 0.389 e. The molecule has 0 fully saturated rings. The Morgan fingerprint density at radius 3 is 2.30 bits per heavy atom. The molecule has 4 nitrogen and oxygen atoms in total. The van der Waals surface area contributed by atoms with E-state index in [0.717, 1.165) is 0 Å². The number of anilines is 1. The number of carbonyl (C=O) groups excluding carboxylic acids is 1. The van der Waals surface area contributed by atoms with E-state index >= 15 is 0 Å². The van der Waals surface area contributed by atoms with E-state index in [-0.39, 0.29) is 11.3 Å². The Balaban J connectivity index is 2.85. The number of carboxylic acid groups (broad SMARTS) is 1. The largest absolute Gasteiger partial charge is 0.478 e. The van der Waals surface area contributed by atoms with Gasteiger partial charge in [-0.15, -0.1) is 0 Å². The van der Waals surface area contributed by atoms with Crippen LogP contribution in [0.25, 0.3) is 0 Å². The maximum absolute atomic E-state index is 12.0. The van der Waals surface area contributed by atoms with E-state index in [1.807, 2.05) is 0 Å². The number of hydrogen-bond acceptors (Lipinski definition) is 2. The fourth-order valence-corrected chi connectivity index (χ4v) is 1.69. The van der Waals surface area contributed by atoms with Gasteiger partial charge in [0.2, 0.25) is 5.91 Å². The van der Waals surface area contributed by atoms with E-state index in [1.54, 1.807) is 19.9 Å². The Morgan fingerprint density at radius 1 is 1.20 bits per heavy atom. The van der Waals surface area contributed by atoms with Crippen molar-refractivity contribution in [3.8, 4) is 0 Å². The van der Waals surface area contributed by atoms with Crippen molar-refractivity contribution in [3.63, 3.8) is 0 Å². The first-order valence-corrected chi connectivity index (χ1v) is 5.81. The molecule has 1 rings (SSSR count). The minimum absolute atomic E-state index is 0.00159. The summed E-state index contributed by atoms with van der Waals surface area (Å²) in [4.78, 5) is 22.4. The molecule has 0 aliphatic carbocycles. The molecule has 0 saturated heterocycles. The molecule has 1 amide bonds. The number of amides is 1. The van der Waals surface area contributed by atoms with Gasteiger partial charge in [0.15, 0.2) is 0 Å². The summed E-state index contributed by atoms with van der Waals surface area (Å²) in [5.74, 6) is -1.96. The molecule has 7 heteroatoms. The van der Waals surface area contributed by atoms with Gasteiger partial charge in [-0.1, -0.05) is 6.07 Å². The number of halogens is 3. The molecule has 2 N–H and O–H groups in total. The van der Waals surface area contributed by atoms with Gasteiger partial charge in [-0.2, -0.15) is 13.2 Å². The fraction of sp³-hybridized carbons (Fsp3) is 0.385. The van der Waals surface area contributed by atoms with Crippen molar-refractivity contribution >= 4 is 17.6 Å². The highest BCUT2D eigenvalue weighted by atomic mass is 19.4. The van der Waals surface area contributed by atoms with Gasteiger partial charge in [0.05, 0.1) is 12.0 Å². The Labute approximate surface area is 113 Å². The molecule has 0 saturated carbocycles. The van der Waals surface area contributed by atoms with Crippen molar-refractivity contribution in [1.82, 2.24) is 0 Å². The molecule has 0 atom stereocenters. The van der Waals surface area contributed by atoms with Crippen LogP contribution >= 0.6 is 0 Å². The SMILES string of the molecule is Cc1cc(C)c(C(=O)O)cc1NC(=O)CCC(F)(F)F. The number of aromatic carboxylic acids is 1. The third-order valence-corrected chi connectivity index (χ3v) is 2.71. The predicted molar refractivity (Wildman–Crippen MR) is 66.8 cm³/mol. The second kappa shape index (κ2) is 5.94. The summed E-state index contributed by atoms with van der Waals surface area (Å²) in [6, 6.07) is 2.81. The highest BCUT2D eigenvalue weighted by Gasteiger charge is 2.28. The van der Waals surface area contributed by atoms with Crippen LogP contribution in [0, 0.1) is 13.8 Å². The first kappa shape index (κ1) is 16.0. The first-order valence-electron chi connectivity index (χ1n) is 5.81. The standard InChI is InChI=1S/C13H14F3NO3/c1-7-5-8(2)10(6-9(7)12(19)20)17-11(18)3-4-13(14,15)16/h5-6H,3-4H2,1-2H3,(H,17,18)(H,19,20). The summed E-state index contributed by atoms with van der Waals surface area (Å²) in [5, 5.41) is 11.3. The monoisotopic (exact) mass is 289 g/mol. The summed E-state index contributed by atoms with van der Waals surface area (Å²) >= 11 is 0. The molecule has 110 valence electrons. The number of alkyl halides is 3. The zero-order chi connectivity index (χ0) is 15.5. The average Bonchev–Trinajstić information content (AvgIpc) is 2.28. The second-order valence-corrected chi connectivity index (χ2v) is 4.45. The van der Waals surface area contributed by atoms with Crippen LogP contribution in [-0.4, -0.2) is 23.2 Å². The lowest BCUT2D eigenvalue weighted by Crippen LogP contribution is -2.17. The van der Waals surface area contributed by atoms with E-state index in [9.17, 15) is 22.8 Å². The number of rotatable bonds is 4. The van der Waals surface area contributed by atoms with E-state index < -0.39 is 30.9 Å². The summed E-state index contributed by atoms with van der Waals surface area (Å²) < 4.78 is 36.0. The molecular weight excluding hydrogens is 275 g/mol. The lowest BCUT2D eigenvalue weighted by atomic mass is 10.0. The van der Waals surface area contributed by atoms with Gasteiger partial charge in [-0.3, -0.25) is 4.79 Å². The lowest BCUT2D eigenvalue weighted by Gasteiger charge is -2.12. The van der Waals surface area contributed by atoms with Crippen LogP contribution in [0.3, 0.4) is 0 Å². The molecule has 1 aromatic rings. The van der Waals surface area contributed by atoms with Crippen molar-refractivity contribution < 1.29 is 27.9 Å². The zero-order valence-corrected chi connectivity index (χ0v) is 11.0. The molecule has 0 heterocycles. The number of hydrogen-bond donors (Lipinski definition) is 2. The van der Waals surface area contributed by atoms with Gasteiger partial charge in [-0.25, -0.2) is 4.79 Å². The summed E-state index contributed by atoms with van der Waals surface area (Å²) in [6.07, 6.45) is -6.30. The topological polar surface area (TPSA) is 66.4 Å². The molecule has 20 heavy (non-hydrogen) atoms. The van der Waals surface area contributed by atoms with Crippen molar-refractivity contribution in [2.24, 2.45) is 0 Å². The lowest BCUT2D eigenvalue weighted by molar-refractivity contribution is -0.142. The quantitative estimate of drug-likeness (QED) is 0.893. The van der Waals surface area contributed by atoms with Gasteiger partial charge in [-0.05, 0) is 31.0 Å². The Kier molecular flexibility index (Phi) is 4.75. The Morgan fingerprint density at radius 2 is 1.80 bits per heavy atom. The maximum Gasteiger partial charge on any atom is 0.389 e. The second-order valence-electron chi connectivity index (χ2n) is 4.45. The van der Waals surface area contributed by atoms with Gasteiger partial charge in [0, 0.05) is 12.1 Å². The van der Waals surface area contributed by atoms with Crippen LogP contribution in [0.2, 0.25) is 0 Å². The molecule has 0 radical (unpaired) electrons. The molecule has 0 aliphatic heterocycles. The van der Waals surface area contributed by atoms with Crippen molar-refractivity contribution in [2.75, 3.05) is 5.32 Å². The fourth-order valence-electron chi connectivity index (χ4n) is 1.69. The molecule has 1 aromatic carbocycles. The van der Waals surface area contributed by atoms with Gasteiger partial charge < -0.3 is 10.4 Å². The summed E-state index contributed by atoms with van der Waals surface area (Å²) in [6.45, 7) is 3.24. The Hall–Kier alpha value is -2.05. The minimum Gasteiger partial charge on any atom is -0.478 e. The van der Waals surface area contributed by atoms with E-state index in [1.165, 1.54) is 6.07 Å². The van der Waals surface area contributed by atoms with Gasteiger partial charge in [0.1, 0.15) is 0 Å². The average molecular weight is 289 g/mol. The third kappa shape index (κ3) is 4.56. The van der Waals surface area contributed by atoms with Crippen molar-refractivity contribution in [1.29, 1.82) is 0 Å². The zero-order valence-electron chi connectivity index (χ0n) is 11.0. The van der Waals surface area contributed by atoms with E-state index in [4.69, 9.17) is 5.11 Å². The van der Waals surface area contributed by atoms with Crippen LogP contribution in [0.15, 0.2) is 12.1 Å². The van der Waals surface area contributed by atoms with E-state index in [2.05, 4.69) is 5.32 Å². The van der Waals surface area contributed by atoms with Crippen LogP contribution in [0.4, 0.5) is 18.9 Å². The number of carboxylic acids is 1. The Bertz CT molecular complexity index is 538. The number of carbonyl (C=O) groups is 2. The van der Waals surface area contributed by atoms with Crippen molar-refractivity contribution in [3.05, 3.63) is 28.8 Å². The molecule has 0 spiro atoms. The highest BCUT2D eigenvalue weighted by Crippen LogP contribution is 2.24. The molecule has 0 unspecified atom stereocenters. The number of nitrogens with one attached hydrogen (secondary N) is 1. The minimum atomic E-state index is -4.40. The van der Waals surface area contributed by atoms with Crippen LogP contribution in [0.1, 0.15) is 34.3 Å². The molecular formula is C13H14F3NO3. The molecule has 0 bridgehead atoms. The van der Waals surface area contributed by atoms with E-state index in [0.29, 0.717) is 11.1 Å². The van der Waals surface area contributed by atoms with Gasteiger partial charge in [0.25, 0.3) is 0 Å². The van der Waals surface area contributed by atoms with Crippen LogP contribution in [-0.2, 0) is 4.79 Å². The number of benzene rings is 1.